The van der Waals surface area contributed by atoms with Gasteiger partial charge in [-0.3, -0.25) is 0 Å². The highest BCUT2D eigenvalue weighted by molar-refractivity contribution is 5.46. The van der Waals surface area contributed by atoms with E-state index < -0.39 is 0 Å². The van der Waals surface area contributed by atoms with E-state index in [-0.39, 0.29) is 12.4 Å². The maximum absolute atomic E-state index is 12.4. The summed E-state index contributed by atoms with van der Waals surface area (Å²) in [4.78, 5) is 0. The minimum Gasteiger partial charge on any atom is -0.398 e. The lowest BCUT2D eigenvalue weighted by Gasteiger charge is -2.02. The smallest absolute Gasteiger partial charge is 0.125 e. The molecule has 0 bridgehead atoms. The average molecular weight is 155 g/mol. The number of nitrogens with two attached hydrogens (primary N) is 1. The van der Waals surface area contributed by atoms with Gasteiger partial charge in [0.05, 0.1) is 0 Å². The molecule has 1 aromatic carbocycles. The molecule has 3 heteroatoms. The second-order valence-electron chi connectivity index (χ2n) is 2.32. The number of hydrogen-bond donors (Lipinski definition) is 2. The van der Waals surface area contributed by atoms with Gasteiger partial charge in [-0.2, -0.15) is 0 Å². The van der Waals surface area contributed by atoms with Crippen LogP contribution in [0.15, 0.2) is 18.2 Å². The molecule has 0 unspecified atom stereocenters. The van der Waals surface area contributed by atoms with Gasteiger partial charge in [0.25, 0.3) is 0 Å². The molecule has 0 aliphatic rings. The van der Waals surface area contributed by atoms with Crippen molar-refractivity contribution in [1.29, 1.82) is 0 Å². The minimum atomic E-state index is -0.343. The zero-order valence-corrected chi connectivity index (χ0v) is 6.05. The summed E-state index contributed by atoms with van der Waals surface area (Å²) in [5.41, 5.74) is 6.64. The number of halogens is 1. The quantitative estimate of drug-likeness (QED) is 0.624. The average Bonchev–Trinajstić information content (AvgIpc) is 1.95. The van der Waals surface area contributed by atoms with Gasteiger partial charge in [0.1, 0.15) is 5.82 Å². The van der Waals surface area contributed by atoms with E-state index >= 15 is 0 Å². The first-order valence-electron chi connectivity index (χ1n) is 3.39. The molecule has 0 aliphatic heterocycles. The SMILES string of the molecule is Nc1cc(F)ccc1CCO. The first-order valence-corrected chi connectivity index (χ1v) is 3.39. The van der Waals surface area contributed by atoms with Crippen LogP contribution in [0.25, 0.3) is 0 Å². The predicted molar refractivity (Wildman–Crippen MR) is 41.6 cm³/mol. The predicted octanol–water partition coefficient (Wildman–Crippen LogP) is 0.943. The fourth-order valence-corrected chi connectivity index (χ4v) is 0.914. The normalized spacial score (nSPS) is 10.0. The Morgan fingerprint density at radius 1 is 1.45 bits per heavy atom. The molecule has 0 amide bonds. The zero-order chi connectivity index (χ0) is 8.27. The number of benzene rings is 1. The van der Waals surface area contributed by atoms with Crippen molar-refractivity contribution in [3.63, 3.8) is 0 Å². The Hall–Kier alpha value is -1.09. The van der Waals surface area contributed by atoms with Crippen LogP contribution in [0.2, 0.25) is 0 Å². The molecule has 0 fully saturated rings. The van der Waals surface area contributed by atoms with Crippen molar-refractivity contribution >= 4 is 5.69 Å². The maximum Gasteiger partial charge on any atom is 0.125 e. The van der Waals surface area contributed by atoms with E-state index in [1.54, 1.807) is 6.07 Å². The minimum absolute atomic E-state index is 0.0375. The van der Waals surface area contributed by atoms with Crippen molar-refractivity contribution in [2.75, 3.05) is 12.3 Å². The van der Waals surface area contributed by atoms with Gasteiger partial charge in [-0.25, -0.2) is 4.39 Å². The molecule has 0 saturated heterocycles. The number of anilines is 1. The van der Waals surface area contributed by atoms with E-state index in [0.717, 1.165) is 5.56 Å². The molecule has 2 nitrogen and oxygen atoms in total. The Labute approximate surface area is 64.5 Å². The molecule has 0 aromatic heterocycles. The van der Waals surface area contributed by atoms with Crippen LogP contribution in [0.4, 0.5) is 10.1 Å². The number of nitrogen functional groups attached to an aromatic ring is 1. The Bertz CT molecular complexity index is 250. The van der Waals surface area contributed by atoms with Gasteiger partial charge in [-0.1, -0.05) is 6.07 Å². The molecule has 11 heavy (non-hydrogen) atoms. The zero-order valence-electron chi connectivity index (χ0n) is 6.05. The number of hydrogen-bond acceptors (Lipinski definition) is 2. The van der Waals surface area contributed by atoms with Gasteiger partial charge >= 0.3 is 0 Å². The third-order valence-corrected chi connectivity index (χ3v) is 1.49. The van der Waals surface area contributed by atoms with Crippen molar-refractivity contribution < 1.29 is 9.50 Å². The summed E-state index contributed by atoms with van der Waals surface area (Å²) in [6.45, 7) is 0.0375. The fraction of sp³-hybridized carbons (Fsp3) is 0.250. The molecule has 0 aliphatic carbocycles. The monoisotopic (exact) mass is 155 g/mol. The third-order valence-electron chi connectivity index (χ3n) is 1.49. The topological polar surface area (TPSA) is 46.2 Å². The summed E-state index contributed by atoms with van der Waals surface area (Å²) >= 11 is 0. The summed E-state index contributed by atoms with van der Waals surface area (Å²) in [5.74, 6) is -0.343. The molecule has 0 spiro atoms. The Morgan fingerprint density at radius 2 is 2.18 bits per heavy atom. The lowest BCUT2D eigenvalue weighted by atomic mass is 10.1. The van der Waals surface area contributed by atoms with Crippen LogP contribution >= 0.6 is 0 Å². The van der Waals surface area contributed by atoms with Crippen LogP contribution in [0.1, 0.15) is 5.56 Å². The summed E-state index contributed by atoms with van der Waals surface area (Å²) in [6.07, 6.45) is 0.478. The van der Waals surface area contributed by atoms with Gasteiger partial charge < -0.3 is 10.8 Å². The molecule has 3 N–H and O–H groups in total. The summed E-state index contributed by atoms with van der Waals surface area (Å²) in [6, 6.07) is 4.17. The molecule has 0 heterocycles. The van der Waals surface area contributed by atoms with Gasteiger partial charge in [0.2, 0.25) is 0 Å². The van der Waals surface area contributed by atoms with Crippen molar-refractivity contribution in [2.24, 2.45) is 0 Å². The van der Waals surface area contributed by atoms with Crippen LogP contribution in [0.3, 0.4) is 0 Å². The Kier molecular flexibility index (Phi) is 2.44. The lowest BCUT2D eigenvalue weighted by molar-refractivity contribution is 0.300. The van der Waals surface area contributed by atoms with Gasteiger partial charge in [-0.05, 0) is 24.1 Å². The van der Waals surface area contributed by atoms with E-state index in [9.17, 15) is 4.39 Å². The standard InChI is InChI=1S/C8H10FNO/c9-7-2-1-6(3-4-11)8(10)5-7/h1-2,5,11H,3-4,10H2. The number of aliphatic hydroxyl groups is 1. The van der Waals surface area contributed by atoms with Crippen LogP contribution in [-0.2, 0) is 6.42 Å². The van der Waals surface area contributed by atoms with Crippen LogP contribution in [0.5, 0.6) is 0 Å². The number of aliphatic hydroxyl groups excluding tert-OH is 1. The fourth-order valence-electron chi connectivity index (χ4n) is 0.914. The lowest BCUT2D eigenvalue weighted by Crippen LogP contribution is -1.97. The second-order valence-corrected chi connectivity index (χ2v) is 2.32. The van der Waals surface area contributed by atoms with Crippen molar-refractivity contribution in [3.8, 4) is 0 Å². The molecule has 0 atom stereocenters. The van der Waals surface area contributed by atoms with Gasteiger partial charge in [-0.15, -0.1) is 0 Å². The molecule has 1 rings (SSSR count). The molecule has 60 valence electrons. The van der Waals surface area contributed by atoms with Crippen molar-refractivity contribution in [3.05, 3.63) is 29.6 Å². The third kappa shape index (κ3) is 1.91. The highest BCUT2D eigenvalue weighted by atomic mass is 19.1. The molecular weight excluding hydrogens is 145 g/mol. The van der Waals surface area contributed by atoms with Gasteiger partial charge in [0.15, 0.2) is 0 Å². The van der Waals surface area contributed by atoms with E-state index in [2.05, 4.69) is 0 Å². The Morgan fingerprint density at radius 3 is 2.73 bits per heavy atom. The van der Waals surface area contributed by atoms with Gasteiger partial charge in [0, 0.05) is 12.3 Å². The summed E-state index contributed by atoms with van der Waals surface area (Å²) in [7, 11) is 0. The van der Waals surface area contributed by atoms with E-state index in [4.69, 9.17) is 10.8 Å². The van der Waals surface area contributed by atoms with Crippen molar-refractivity contribution in [2.45, 2.75) is 6.42 Å². The maximum atomic E-state index is 12.4. The summed E-state index contributed by atoms with van der Waals surface area (Å²) in [5, 5.41) is 8.56. The van der Waals surface area contributed by atoms with Crippen LogP contribution in [-0.4, -0.2) is 11.7 Å². The highest BCUT2D eigenvalue weighted by Gasteiger charge is 1.98. The first kappa shape index (κ1) is 8.01. The van der Waals surface area contributed by atoms with Crippen LogP contribution in [0, 0.1) is 5.82 Å². The number of rotatable bonds is 2. The van der Waals surface area contributed by atoms with Crippen LogP contribution < -0.4 is 5.73 Å². The molecule has 0 saturated carbocycles. The van der Waals surface area contributed by atoms with E-state index in [1.807, 2.05) is 0 Å². The first-order chi connectivity index (χ1) is 5.24. The van der Waals surface area contributed by atoms with Crippen molar-refractivity contribution in [1.82, 2.24) is 0 Å². The van der Waals surface area contributed by atoms with E-state index in [0.29, 0.717) is 12.1 Å². The van der Waals surface area contributed by atoms with E-state index in [1.165, 1.54) is 12.1 Å². The molecule has 0 radical (unpaired) electrons. The molecule has 1 aromatic rings. The Balaban J connectivity index is 2.90. The largest absolute Gasteiger partial charge is 0.398 e. The summed E-state index contributed by atoms with van der Waals surface area (Å²) < 4.78 is 12.4. The second kappa shape index (κ2) is 3.34. The molecular formula is C8H10FNO. The highest BCUT2D eigenvalue weighted by Crippen LogP contribution is 2.13.